The first kappa shape index (κ1) is 18.4. The summed E-state index contributed by atoms with van der Waals surface area (Å²) in [5, 5.41) is 20.8. The van der Waals surface area contributed by atoms with Crippen LogP contribution in [0.3, 0.4) is 0 Å². The maximum atomic E-state index is 11.6. The van der Waals surface area contributed by atoms with Gasteiger partial charge in [-0.2, -0.15) is 0 Å². The van der Waals surface area contributed by atoms with E-state index < -0.39 is 24.0 Å². The lowest BCUT2D eigenvalue weighted by Gasteiger charge is -2.29. The maximum Gasteiger partial charge on any atom is 0.306 e. The zero-order valence-corrected chi connectivity index (χ0v) is 12.2. The second-order valence-electron chi connectivity index (χ2n) is 5.74. The third kappa shape index (κ3) is 11.5. The average Bonchev–Trinajstić information content (AvgIpc) is 2.20. The van der Waals surface area contributed by atoms with Gasteiger partial charge < -0.3 is 29.0 Å². The van der Waals surface area contributed by atoms with E-state index in [-0.39, 0.29) is 19.3 Å². The predicted molar refractivity (Wildman–Crippen MR) is 65.9 cm³/mol. The molecule has 0 N–H and O–H groups in total. The highest BCUT2D eigenvalue weighted by Gasteiger charge is 2.22. The summed E-state index contributed by atoms with van der Waals surface area (Å²) >= 11 is 0. The van der Waals surface area contributed by atoms with Gasteiger partial charge in [0.2, 0.25) is 0 Å². The fraction of sp³-hybridized carbons (Fsp3) is 0.769. The number of rotatable bonds is 10. The van der Waals surface area contributed by atoms with Gasteiger partial charge in [-0.1, -0.05) is 0 Å². The number of aliphatic carboxylic acids is 2. The zero-order valence-electron chi connectivity index (χ0n) is 12.2. The van der Waals surface area contributed by atoms with Crippen LogP contribution in [0.1, 0.15) is 32.1 Å². The molecule has 0 heterocycles. The van der Waals surface area contributed by atoms with E-state index >= 15 is 0 Å². The predicted octanol–water partition coefficient (Wildman–Crippen LogP) is -1.95. The van der Waals surface area contributed by atoms with Crippen molar-refractivity contribution in [1.29, 1.82) is 0 Å². The van der Waals surface area contributed by atoms with E-state index in [1.54, 1.807) is 0 Å². The molecular formula is C13H22NO6-. The van der Waals surface area contributed by atoms with Crippen LogP contribution in [0, 0.1) is 0 Å². The van der Waals surface area contributed by atoms with Crippen LogP contribution in [0.2, 0.25) is 0 Å². The van der Waals surface area contributed by atoms with Crippen molar-refractivity contribution in [3.8, 4) is 0 Å². The lowest BCUT2D eigenvalue weighted by atomic mass is 10.2. The first-order chi connectivity index (χ1) is 9.10. The van der Waals surface area contributed by atoms with Crippen LogP contribution in [0.15, 0.2) is 0 Å². The van der Waals surface area contributed by atoms with E-state index in [1.807, 2.05) is 21.1 Å². The van der Waals surface area contributed by atoms with Gasteiger partial charge in [-0.15, -0.1) is 0 Å². The van der Waals surface area contributed by atoms with Gasteiger partial charge in [0.1, 0.15) is 6.54 Å². The molecule has 0 radical (unpaired) electrons. The summed E-state index contributed by atoms with van der Waals surface area (Å²) in [6.45, 7) is 0.360. The number of quaternary nitrogens is 1. The highest BCUT2D eigenvalue weighted by Crippen LogP contribution is 2.08. The molecule has 20 heavy (non-hydrogen) atoms. The van der Waals surface area contributed by atoms with Gasteiger partial charge in [0, 0.05) is 24.8 Å². The standard InChI is InChI=1S/C13H23NO6/c1-14(2,3)9-10(8-12(17)18)20-13(19)7-5-4-6-11(15)16/h10H,4-9H2,1-3H3,(H-,15,16,17,18)/p-1. The fourth-order valence-corrected chi connectivity index (χ4v) is 1.72. The molecule has 0 aliphatic rings. The normalized spacial score (nSPS) is 12.8. The van der Waals surface area contributed by atoms with E-state index in [2.05, 4.69) is 0 Å². The monoisotopic (exact) mass is 288 g/mol. The van der Waals surface area contributed by atoms with Gasteiger partial charge in [0.25, 0.3) is 0 Å². The minimum absolute atomic E-state index is 0.0635. The summed E-state index contributed by atoms with van der Waals surface area (Å²) in [7, 11) is 5.57. The summed E-state index contributed by atoms with van der Waals surface area (Å²) in [4.78, 5) is 32.4. The Bertz CT molecular complexity index is 347. The van der Waals surface area contributed by atoms with Gasteiger partial charge in [-0.25, -0.2) is 0 Å². The molecule has 0 rings (SSSR count). The van der Waals surface area contributed by atoms with Crippen LogP contribution in [0.5, 0.6) is 0 Å². The third-order valence-corrected chi connectivity index (χ3v) is 2.46. The Labute approximate surface area is 118 Å². The number of unbranched alkanes of at least 4 members (excludes halogenated alkanes) is 1. The van der Waals surface area contributed by atoms with Crippen molar-refractivity contribution in [1.82, 2.24) is 0 Å². The topological polar surface area (TPSA) is 107 Å². The van der Waals surface area contributed by atoms with Gasteiger partial charge in [-0.3, -0.25) is 4.79 Å². The number of ether oxygens (including phenoxy) is 1. The highest BCUT2D eigenvalue weighted by molar-refractivity contribution is 5.71. The van der Waals surface area contributed by atoms with E-state index in [0.717, 1.165) is 0 Å². The van der Waals surface area contributed by atoms with Crippen LogP contribution < -0.4 is 10.2 Å². The second-order valence-corrected chi connectivity index (χ2v) is 5.74. The summed E-state index contributed by atoms with van der Waals surface area (Å²) < 4.78 is 5.56. The second kappa shape index (κ2) is 8.52. The van der Waals surface area contributed by atoms with Crippen LogP contribution in [-0.2, 0) is 19.1 Å². The number of carboxylic acid groups (broad SMARTS) is 2. The minimum Gasteiger partial charge on any atom is -0.550 e. The Morgan fingerprint density at radius 3 is 2.00 bits per heavy atom. The lowest BCUT2D eigenvalue weighted by Crippen LogP contribution is -2.45. The zero-order chi connectivity index (χ0) is 15.8. The van der Waals surface area contributed by atoms with Crippen LogP contribution in [0.4, 0.5) is 0 Å². The fourth-order valence-electron chi connectivity index (χ4n) is 1.72. The van der Waals surface area contributed by atoms with Crippen molar-refractivity contribution in [3.05, 3.63) is 0 Å². The SMILES string of the molecule is C[N+](C)(C)CC(CC(=O)[O-])OC(=O)CCCCC(=O)[O-]. The number of esters is 1. The third-order valence-electron chi connectivity index (χ3n) is 2.46. The van der Waals surface area contributed by atoms with Crippen molar-refractivity contribution in [2.45, 2.75) is 38.2 Å². The summed E-state index contributed by atoms with van der Waals surface area (Å²) in [6.07, 6.45) is -0.426. The number of carbonyl (C=O) groups excluding carboxylic acids is 3. The number of hydrogen-bond donors (Lipinski definition) is 0. The van der Waals surface area contributed by atoms with E-state index in [9.17, 15) is 24.6 Å². The van der Waals surface area contributed by atoms with Crippen molar-refractivity contribution >= 4 is 17.9 Å². The number of nitrogens with zero attached hydrogens (tertiary/aromatic N) is 1. The Morgan fingerprint density at radius 1 is 1.00 bits per heavy atom. The van der Waals surface area contributed by atoms with Gasteiger partial charge in [0.05, 0.1) is 21.1 Å². The van der Waals surface area contributed by atoms with Gasteiger partial charge >= 0.3 is 5.97 Å². The van der Waals surface area contributed by atoms with Crippen LogP contribution in [-0.4, -0.2) is 56.2 Å². The molecular weight excluding hydrogens is 266 g/mol. The summed E-state index contributed by atoms with van der Waals surface area (Å²) in [5.74, 6) is -2.95. The lowest BCUT2D eigenvalue weighted by molar-refractivity contribution is -0.873. The van der Waals surface area contributed by atoms with Crippen LogP contribution in [0.25, 0.3) is 0 Å². The van der Waals surface area contributed by atoms with E-state index in [1.165, 1.54) is 0 Å². The molecule has 7 nitrogen and oxygen atoms in total. The molecule has 7 heteroatoms. The molecule has 1 atom stereocenters. The Kier molecular flexibility index (Phi) is 7.83. The molecule has 0 saturated carbocycles. The number of hydrogen-bond acceptors (Lipinski definition) is 6. The molecule has 0 aromatic heterocycles. The smallest absolute Gasteiger partial charge is 0.306 e. The maximum absolute atomic E-state index is 11.6. The van der Waals surface area contributed by atoms with Crippen molar-refractivity contribution in [3.63, 3.8) is 0 Å². The Morgan fingerprint density at radius 2 is 1.55 bits per heavy atom. The summed E-state index contributed by atoms with van der Waals surface area (Å²) in [6, 6.07) is 0. The molecule has 0 aliphatic carbocycles. The molecule has 0 saturated heterocycles. The molecule has 0 spiro atoms. The van der Waals surface area contributed by atoms with Gasteiger partial charge in [0.15, 0.2) is 6.10 Å². The van der Waals surface area contributed by atoms with Gasteiger partial charge in [-0.05, 0) is 19.3 Å². The molecule has 1 unspecified atom stereocenters. The molecule has 0 aromatic carbocycles. The molecule has 0 fully saturated rings. The molecule has 0 amide bonds. The average molecular weight is 288 g/mol. The molecule has 0 aliphatic heterocycles. The van der Waals surface area contributed by atoms with Crippen molar-refractivity contribution in [2.75, 3.05) is 27.7 Å². The van der Waals surface area contributed by atoms with Crippen molar-refractivity contribution < 1.29 is 33.8 Å². The Hall–Kier alpha value is -1.63. The Balaban J connectivity index is 4.18. The molecule has 0 aromatic rings. The first-order valence-electron chi connectivity index (χ1n) is 6.50. The highest BCUT2D eigenvalue weighted by atomic mass is 16.5. The van der Waals surface area contributed by atoms with E-state index in [4.69, 9.17) is 4.74 Å². The number of carboxylic acids is 2. The first-order valence-corrected chi connectivity index (χ1v) is 6.50. The van der Waals surface area contributed by atoms with E-state index in [0.29, 0.717) is 23.9 Å². The minimum atomic E-state index is -1.27. The van der Waals surface area contributed by atoms with Crippen LogP contribution >= 0.6 is 0 Å². The molecule has 116 valence electrons. The molecule has 0 bridgehead atoms. The quantitative estimate of drug-likeness (QED) is 0.263. The van der Waals surface area contributed by atoms with Crippen molar-refractivity contribution in [2.24, 2.45) is 0 Å². The summed E-state index contributed by atoms with van der Waals surface area (Å²) in [5.41, 5.74) is 0. The number of carbonyl (C=O) groups is 3. The largest absolute Gasteiger partial charge is 0.550 e. The number of likely N-dealkylation sites (N-methyl/N-ethyl adjacent to an activating group) is 1.